The van der Waals surface area contributed by atoms with Crippen molar-refractivity contribution in [1.29, 1.82) is 5.41 Å². The van der Waals surface area contributed by atoms with Crippen LogP contribution < -0.4 is 10.5 Å². The number of nitrogens with one attached hydrogen (secondary N) is 1. The molecule has 1 aromatic heterocycles. The van der Waals surface area contributed by atoms with E-state index in [-0.39, 0.29) is 23.8 Å². The van der Waals surface area contributed by atoms with E-state index in [1.54, 1.807) is 28.8 Å². The molecule has 3 rings (SSSR count). The van der Waals surface area contributed by atoms with Crippen LogP contribution in [-0.2, 0) is 11.3 Å². The summed E-state index contributed by atoms with van der Waals surface area (Å²) in [6.07, 6.45) is 0. The van der Waals surface area contributed by atoms with Crippen molar-refractivity contribution in [3.8, 4) is 5.75 Å². The van der Waals surface area contributed by atoms with E-state index in [0.29, 0.717) is 16.5 Å². The fraction of sp³-hybridized carbons (Fsp3) is 0.150. The minimum Gasteiger partial charge on any atom is -0.476 e. The molecule has 0 fully saturated rings. The number of aromatic carboxylic acids is 1. The third-order valence-corrected chi connectivity index (χ3v) is 4.28. The predicted octanol–water partition coefficient (Wildman–Crippen LogP) is 2.91. The lowest BCUT2D eigenvalue weighted by Crippen LogP contribution is -2.14. The number of hydrogen-bond acceptors (Lipinski definition) is 4. The van der Waals surface area contributed by atoms with Crippen LogP contribution >= 0.6 is 0 Å². The van der Waals surface area contributed by atoms with Crippen LogP contribution in [0.1, 0.15) is 34.1 Å². The van der Waals surface area contributed by atoms with Crippen molar-refractivity contribution < 1.29 is 19.4 Å². The third-order valence-electron chi connectivity index (χ3n) is 4.28. The molecule has 0 radical (unpaired) electrons. The van der Waals surface area contributed by atoms with Crippen LogP contribution in [0.2, 0.25) is 0 Å². The number of nitrogens with two attached hydrogens (primary N) is 1. The lowest BCUT2D eigenvalue weighted by Gasteiger charge is -2.10. The lowest BCUT2D eigenvalue weighted by molar-refractivity contribution is -0.131. The van der Waals surface area contributed by atoms with E-state index in [2.05, 4.69) is 0 Å². The fourth-order valence-electron chi connectivity index (χ4n) is 3.17. The van der Waals surface area contributed by atoms with Crippen molar-refractivity contribution in [2.45, 2.75) is 20.4 Å². The number of amidine groups is 1. The second-order valence-electron chi connectivity index (χ2n) is 6.25. The number of nitrogen functional groups attached to an aromatic ring is 1. The van der Waals surface area contributed by atoms with Gasteiger partial charge in [-0.3, -0.25) is 10.2 Å². The largest absolute Gasteiger partial charge is 0.476 e. The van der Waals surface area contributed by atoms with Gasteiger partial charge < -0.3 is 20.1 Å². The summed E-state index contributed by atoms with van der Waals surface area (Å²) in [6.45, 7) is 3.30. The van der Waals surface area contributed by atoms with Gasteiger partial charge in [-0.1, -0.05) is 30.3 Å². The summed E-state index contributed by atoms with van der Waals surface area (Å²) < 4.78 is 6.89. The molecule has 7 heteroatoms. The van der Waals surface area contributed by atoms with Crippen molar-refractivity contribution in [1.82, 2.24) is 4.57 Å². The number of carboxylic acids is 1. The molecule has 27 heavy (non-hydrogen) atoms. The number of carbonyl (C=O) groups is 2. The van der Waals surface area contributed by atoms with Crippen LogP contribution in [0.3, 0.4) is 0 Å². The smallest absolute Gasteiger partial charge is 0.356 e. The Morgan fingerprint density at radius 2 is 1.93 bits per heavy atom. The third kappa shape index (κ3) is 3.39. The van der Waals surface area contributed by atoms with Crippen molar-refractivity contribution in [2.24, 2.45) is 5.73 Å². The number of aromatic nitrogens is 1. The SMILES string of the molecule is CC(=O)Oc1c(C(=O)O)n(Cc2cccc(C(=N)N)c2)c2cccc(C)c12. The van der Waals surface area contributed by atoms with Crippen LogP contribution in [0.5, 0.6) is 5.75 Å². The molecule has 3 aromatic rings. The zero-order valence-corrected chi connectivity index (χ0v) is 14.9. The van der Waals surface area contributed by atoms with E-state index in [4.69, 9.17) is 15.9 Å². The first kappa shape index (κ1) is 18.2. The molecule has 4 N–H and O–H groups in total. The number of aryl methyl sites for hydroxylation is 1. The van der Waals surface area contributed by atoms with Crippen LogP contribution in [0, 0.1) is 12.3 Å². The Labute approximate surface area is 155 Å². The predicted molar refractivity (Wildman–Crippen MR) is 102 cm³/mol. The van der Waals surface area contributed by atoms with Crippen LogP contribution in [-0.4, -0.2) is 27.4 Å². The number of carbonyl (C=O) groups excluding carboxylic acids is 1. The second kappa shape index (κ2) is 6.95. The molecule has 138 valence electrons. The van der Waals surface area contributed by atoms with E-state index in [0.717, 1.165) is 11.1 Å². The highest BCUT2D eigenvalue weighted by atomic mass is 16.5. The summed E-state index contributed by atoms with van der Waals surface area (Å²) in [4.78, 5) is 23.6. The van der Waals surface area contributed by atoms with Gasteiger partial charge in [-0.05, 0) is 30.2 Å². The Morgan fingerprint density at radius 3 is 2.56 bits per heavy atom. The molecule has 0 saturated carbocycles. The molecule has 0 amide bonds. The first-order chi connectivity index (χ1) is 12.8. The minimum atomic E-state index is -1.19. The Kier molecular flexibility index (Phi) is 4.68. The summed E-state index contributed by atoms with van der Waals surface area (Å²) in [6, 6.07) is 12.5. The standard InChI is InChI=1S/C20H19N3O4/c1-11-5-3-8-15-16(11)18(27-12(2)24)17(20(25)26)23(15)10-13-6-4-7-14(9-13)19(21)22/h3-9H,10H2,1-2H3,(H3,21,22)(H,25,26). The average molecular weight is 365 g/mol. The zero-order chi connectivity index (χ0) is 19.7. The highest BCUT2D eigenvalue weighted by Gasteiger charge is 2.26. The van der Waals surface area contributed by atoms with E-state index in [9.17, 15) is 14.7 Å². The van der Waals surface area contributed by atoms with Crippen LogP contribution in [0.15, 0.2) is 42.5 Å². The van der Waals surface area contributed by atoms with Gasteiger partial charge in [0.05, 0.1) is 5.52 Å². The maximum absolute atomic E-state index is 12.0. The summed E-state index contributed by atoms with van der Waals surface area (Å²) >= 11 is 0. The maximum Gasteiger partial charge on any atom is 0.356 e. The van der Waals surface area contributed by atoms with Crippen LogP contribution in [0.25, 0.3) is 10.9 Å². The molecule has 0 aliphatic carbocycles. The summed E-state index contributed by atoms with van der Waals surface area (Å²) in [5.41, 5.74) is 8.24. The van der Waals surface area contributed by atoms with Gasteiger partial charge in [-0.25, -0.2) is 4.79 Å². The van der Waals surface area contributed by atoms with Crippen molar-refractivity contribution in [2.75, 3.05) is 0 Å². The normalized spacial score (nSPS) is 10.7. The topological polar surface area (TPSA) is 118 Å². The highest BCUT2D eigenvalue weighted by Crippen LogP contribution is 2.36. The first-order valence-corrected chi connectivity index (χ1v) is 8.26. The molecule has 0 saturated heterocycles. The molecule has 0 atom stereocenters. The Balaban J connectivity index is 2.26. The van der Waals surface area contributed by atoms with E-state index >= 15 is 0 Å². The molecule has 0 aliphatic heterocycles. The molecular weight excluding hydrogens is 346 g/mol. The highest BCUT2D eigenvalue weighted by molar-refractivity contribution is 6.03. The Hall–Kier alpha value is -3.61. The Morgan fingerprint density at radius 1 is 1.22 bits per heavy atom. The van der Waals surface area contributed by atoms with Gasteiger partial charge in [0.2, 0.25) is 0 Å². The number of nitrogens with zero attached hydrogens (tertiary/aromatic N) is 1. The molecular formula is C20H19N3O4. The van der Waals surface area contributed by atoms with E-state index in [1.165, 1.54) is 6.92 Å². The van der Waals surface area contributed by atoms with Crippen molar-refractivity contribution in [3.05, 3.63) is 64.8 Å². The summed E-state index contributed by atoms with van der Waals surface area (Å²) in [5.74, 6) is -1.79. The van der Waals surface area contributed by atoms with Gasteiger partial charge in [0.1, 0.15) is 5.84 Å². The fourth-order valence-corrected chi connectivity index (χ4v) is 3.17. The van der Waals surface area contributed by atoms with Crippen molar-refractivity contribution >= 4 is 28.7 Å². The van der Waals surface area contributed by atoms with Gasteiger partial charge in [0, 0.05) is 24.4 Å². The number of carboxylic acid groups (broad SMARTS) is 1. The van der Waals surface area contributed by atoms with Crippen LogP contribution in [0.4, 0.5) is 0 Å². The zero-order valence-electron chi connectivity index (χ0n) is 14.9. The van der Waals surface area contributed by atoms with Gasteiger partial charge >= 0.3 is 11.9 Å². The average Bonchev–Trinajstić information content (AvgIpc) is 2.89. The lowest BCUT2D eigenvalue weighted by atomic mass is 10.1. The van der Waals surface area contributed by atoms with Crippen molar-refractivity contribution in [3.63, 3.8) is 0 Å². The number of hydrogen-bond donors (Lipinski definition) is 3. The number of rotatable bonds is 5. The molecule has 0 unspecified atom stereocenters. The molecule has 1 heterocycles. The van der Waals surface area contributed by atoms with E-state index < -0.39 is 11.9 Å². The number of ether oxygens (including phenoxy) is 1. The number of benzene rings is 2. The molecule has 0 bridgehead atoms. The molecule has 0 aliphatic rings. The van der Waals surface area contributed by atoms with Gasteiger partial charge in [0.25, 0.3) is 0 Å². The van der Waals surface area contributed by atoms with Gasteiger partial charge in [0.15, 0.2) is 11.4 Å². The molecule has 0 spiro atoms. The second-order valence-corrected chi connectivity index (χ2v) is 6.25. The first-order valence-electron chi connectivity index (χ1n) is 8.26. The Bertz CT molecular complexity index is 1080. The van der Waals surface area contributed by atoms with Gasteiger partial charge in [-0.2, -0.15) is 0 Å². The minimum absolute atomic E-state index is 0.0471. The molecule has 7 nitrogen and oxygen atoms in total. The maximum atomic E-state index is 12.0. The number of fused-ring (bicyclic) bond motifs is 1. The summed E-state index contributed by atoms with van der Waals surface area (Å²) in [5, 5.41) is 18.0. The van der Waals surface area contributed by atoms with Gasteiger partial charge in [-0.15, -0.1) is 0 Å². The summed E-state index contributed by atoms with van der Waals surface area (Å²) in [7, 11) is 0. The quantitative estimate of drug-likeness (QED) is 0.365. The van der Waals surface area contributed by atoms with E-state index in [1.807, 2.05) is 25.1 Å². The number of esters is 1. The molecule has 2 aromatic carbocycles. The monoisotopic (exact) mass is 365 g/mol.